The van der Waals surface area contributed by atoms with Crippen LogP contribution >= 0.6 is 11.3 Å². The van der Waals surface area contributed by atoms with Crippen LogP contribution in [0.2, 0.25) is 0 Å². The summed E-state index contributed by atoms with van der Waals surface area (Å²) >= 11 is 1.44. The number of fused-ring (bicyclic) bond motifs is 2. The Labute approximate surface area is 167 Å². The number of carbonyl (C=O) groups is 2. The summed E-state index contributed by atoms with van der Waals surface area (Å²) in [5.74, 6) is 0.300. The first-order valence-corrected chi connectivity index (χ1v) is 10.2. The summed E-state index contributed by atoms with van der Waals surface area (Å²) in [6.45, 7) is 6.27. The average molecular weight is 402 g/mol. The zero-order chi connectivity index (χ0) is 19.8. The van der Waals surface area contributed by atoms with Crippen molar-refractivity contribution in [2.24, 2.45) is 5.73 Å². The van der Waals surface area contributed by atoms with Crippen molar-refractivity contribution in [2.45, 2.75) is 39.0 Å². The number of amides is 2. The highest BCUT2D eigenvalue weighted by Gasteiger charge is 2.33. The highest BCUT2D eigenvalue weighted by atomic mass is 32.1. The predicted octanol–water partition coefficient (Wildman–Crippen LogP) is 0.975. The van der Waals surface area contributed by atoms with E-state index < -0.39 is 12.0 Å². The first-order valence-electron chi connectivity index (χ1n) is 9.42. The molecule has 0 fully saturated rings. The molecule has 0 saturated heterocycles. The fourth-order valence-corrected chi connectivity index (χ4v) is 4.99. The Bertz CT molecular complexity index is 924. The molecule has 2 atom stereocenters. The van der Waals surface area contributed by atoms with E-state index in [-0.39, 0.29) is 12.5 Å². The number of para-hydroxylation sites is 2. The standard InChI is InChI=1S/C20H23N3O4S/c1-11(2)23-8-7-12-16(9-23)28-20(17(12)18(21)24)22-19(25)15-10-26-13-5-3-4-6-14(13)27-15/h3-6,11,15H,7-10H2,1-2H3,(H2,21,24)(H,22,25)/p+1/t15-/m0/s1. The number of primary amides is 1. The zero-order valence-electron chi connectivity index (χ0n) is 15.9. The van der Waals surface area contributed by atoms with Crippen molar-refractivity contribution in [3.63, 3.8) is 0 Å². The summed E-state index contributed by atoms with van der Waals surface area (Å²) in [4.78, 5) is 27.5. The van der Waals surface area contributed by atoms with Gasteiger partial charge >= 0.3 is 0 Å². The highest BCUT2D eigenvalue weighted by molar-refractivity contribution is 7.17. The minimum Gasteiger partial charge on any atom is -0.485 e. The van der Waals surface area contributed by atoms with Gasteiger partial charge in [-0.2, -0.15) is 0 Å². The third-order valence-electron chi connectivity index (χ3n) is 5.28. The topological polar surface area (TPSA) is 95.1 Å². The molecule has 2 aromatic rings. The molecule has 0 saturated carbocycles. The van der Waals surface area contributed by atoms with Gasteiger partial charge in [0.2, 0.25) is 6.10 Å². The Balaban J connectivity index is 1.55. The van der Waals surface area contributed by atoms with Gasteiger partial charge in [-0.15, -0.1) is 11.3 Å². The summed E-state index contributed by atoms with van der Waals surface area (Å²) in [6.07, 6.45) is -0.00303. The van der Waals surface area contributed by atoms with E-state index in [4.69, 9.17) is 15.2 Å². The van der Waals surface area contributed by atoms with Crippen molar-refractivity contribution < 1.29 is 24.0 Å². The quantitative estimate of drug-likeness (QED) is 0.710. The number of benzene rings is 1. The molecule has 2 aliphatic heterocycles. The molecular weight excluding hydrogens is 378 g/mol. The molecule has 1 aromatic heterocycles. The molecule has 8 heteroatoms. The predicted molar refractivity (Wildman–Crippen MR) is 106 cm³/mol. The number of nitrogens with one attached hydrogen (secondary N) is 2. The molecular formula is C20H24N3O4S+. The average Bonchev–Trinajstić information content (AvgIpc) is 3.04. The van der Waals surface area contributed by atoms with Crippen molar-refractivity contribution in [3.8, 4) is 11.5 Å². The molecule has 0 aliphatic carbocycles. The monoisotopic (exact) mass is 402 g/mol. The van der Waals surface area contributed by atoms with Crippen LogP contribution in [-0.2, 0) is 17.8 Å². The molecule has 148 valence electrons. The minimum atomic E-state index is -0.785. The lowest BCUT2D eigenvalue weighted by Crippen LogP contribution is -3.14. The molecule has 2 amide bonds. The van der Waals surface area contributed by atoms with Crippen LogP contribution in [0.1, 0.15) is 34.6 Å². The maximum absolute atomic E-state index is 12.8. The third-order valence-corrected chi connectivity index (χ3v) is 6.42. The first kappa shape index (κ1) is 18.8. The number of nitrogens with two attached hydrogens (primary N) is 1. The van der Waals surface area contributed by atoms with Gasteiger partial charge in [0, 0.05) is 6.42 Å². The van der Waals surface area contributed by atoms with Crippen LogP contribution in [0.25, 0.3) is 0 Å². The zero-order valence-corrected chi connectivity index (χ0v) is 16.7. The van der Waals surface area contributed by atoms with Crippen molar-refractivity contribution >= 4 is 28.2 Å². The van der Waals surface area contributed by atoms with Crippen LogP contribution in [0.15, 0.2) is 24.3 Å². The minimum absolute atomic E-state index is 0.116. The Hall–Kier alpha value is -2.58. The van der Waals surface area contributed by atoms with Gasteiger partial charge in [0.05, 0.1) is 23.0 Å². The SMILES string of the molecule is CC(C)[NH+]1CCc2c(sc(NC(=O)[C@@H]3COc4ccccc4O3)c2C(N)=O)C1. The molecule has 4 rings (SSSR count). The summed E-state index contributed by atoms with van der Waals surface area (Å²) < 4.78 is 11.4. The van der Waals surface area contributed by atoms with Crippen molar-refractivity contribution in [3.05, 3.63) is 40.3 Å². The Morgan fingerprint density at radius 1 is 1.29 bits per heavy atom. The van der Waals surface area contributed by atoms with Crippen LogP contribution in [-0.4, -0.2) is 37.1 Å². The third kappa shape index (κ3) is 3.45. The van der Waals surface area contributed by atoms with Gasteiger partial charge in [0.25, 0.3) is 11.8 Å². The maximum atomic E-state index is 12.8. The lowest BCUT2D eigenvalue weighted by Gasteiger charge is -2.27. The van der Waals surface area contributed by atoms with Gasteiger partial charge in [-0.05, 0) is 31.5 Å². The van der Waals surface area contributed by atoms with E-state index in [1.807, 2.05) is 12.1 Å². The second-order valence-corrected chi connectivity index (χ2v) is 8.52. The molecule has 4 N–H and O–H groups in total. The summed E-state index contributed by atoms with van der Waals surface area (Å²) in [5.41, 5.74) is 7.06. The van der Waals surface area contributed by atoms with Gasteiger partial charge in [-0.25, -0.2) is 0 Å². The normalized spacial score (nSPS) is 20.5. The molecule has 3 heterocycles. The maximum Gasteiger partial charge on any atom is 0.269 e. The van der Waals surface area contributed by atoms with Crippen LogP contribution in [0.4, 0.5) is 5.00 Å². The van der Waals surface area contributed by atoms with Gasteiger partial charge in [-0.3, -0.25) is 9.59 Å². The summed E-state index contributed by atoms with van der Waals surface area (Å²) in [5, 5.41) is 3.37. The van der Waals surface area contributed by atoms with Crippen molar-refractivity contribution in [1.29, 1.82) is 0 Å². The fourth-order valence-electron chi connectivity index (χ4n) is 3.68. The van der Waals surface area contributed by atoms with Crippen LogP contribution < -0.4 is 25.4 Å². The number of hydrogen-bond donors (Lipinski definition) is 3. The Morgan fingerprint density at radius 2 is 2.04 bits per heavy atom. The molecule has 0 bridgehead atoms. The second kappa shape index (κ2) is 7.44. The lowest BCUT2D eigenvalue weighted by atomic mass is 10.0. The molecule has 28 heavy (non-hydrogen) atoms. The van der Waals surface area contributed by atoms with E-state index in [2.05, 4.69) is 19.2 Å². The van der Waals surface area contributed by atoms with Gasteiger partial charge in [0.15, 0.2) is 11.5 Å². The lowest BCUT2D eigenvalue weighted by molar-refractivity contribution is -0.936. The number of carbonyl (C=O) groups excluding carboxylic acids is 2. The highest BCUT2D eigenvalue weighted by Crippen LogP contribution is 2.35. The van der Waals surface area contributed by atoms with Gasteiger partial charge < -0.3 is 25.4 Å². The smallest absolute Gasteiger partial charge is 0.269 e. The molecule has 0 radical (unpaired) electrons. The summed E-state index contributed by atoms with van der Waals surface area (Å²) in [7, 11) is 0. The van der Waals surface area contributed by atoms with E-state index in [0.717, 1.165) is 30.0 Å². The molecule has 7 nitrogen and oxygen atoms in total. The molecule has 0 spiro atoms. The Kier molecular flexibility index (Phi) is 4.99. The number of thiophene rings is 1. The number of hydrogen-bond acceptors (Lipinski definition) is 5. The van der Waals surface area contributed by atoms with E-state index >= 15 is 0 Å². The second-order valence-electron chi connectivity index (χ2n) is 7.42. The summed E-state index contributed by atoms with van der Waals surface area (Å²) in [6, 6.07) is 7.73. The van der Waals surface area contributed by atoms with E-state index in [9.17, 15) is 9.59 Å². The molecule has 1 aromatic carbocycles. The number of rotatable bonds is 4. The van der Waals surface area contributed by atoms with Crippen molar-refractivity contribution in [2.75, 3.05) is 18.5 Å². The Morgan fingerprint density at radius 3 is 2.75 bits per heavy atom. The van der Waals surface area contributed by atoms with Crippen molar-refractivity contribution in [1.82, 2.24) is 0 Å². The van der Waals surface area contributed by atoms with Crippen LogP contribution in [0, 0.1) is 0 Å². The number of anilines is 1. The van der Waals surface area contributed by atoms with Gasteiger partial charge in [-0.1, -0.05) is 12.1 Å². The van der Waals surface area contributed by atoms with E-state index in [0.29, 0.717) is 28.1 Å². The number of quaternary nitrogens is 1. The number of ether oxygens (including phenoxy) is 2. The van der Waals surface area contributed by atoms with Crippen LogP contribution in [0.5, 0.6) is 11.5 Å². The fraction of sp³-hybridized carbons (Fsp3) is 0.400. The first-order chi connectivity index (χ1) is 13.4. The van der Waals surface area contributed by atoms with Gasteiger partial charge in [0.1, 0.15) is 18.2 Å². The van der Waals surface area contributed by atoms with Crippen LogP contribution in [0.3, 0.4) is 0 Å². The van der Waals surface area contributed by atoms with E-state index in [1.165, 1.54) is 16.2 Å². The molecule has 2 aliphatic rings. The molecule has 1 unspecified atom stereocenters. The largest absolute Gasteiger partial charge is 0.485 e. The van der Waals surface area contributed by atoms with E-state index in [1.54, 1.807) is 12.1 Å².